The molecule has 2 rings (SSSR count). The van der Waals surface area contributed by atoms with Crippen LogP contribution in [0, 0.1) is 0 Å². The normalized spacial score (nSPS) is 16.5. The number of pyridine rings is 1. The number of fused-ring (bicyclic) bond motifs is 1. The maximum atomic E-state index is 12.5. The van der Waals surface area contributed by atoms with Gasteiger partial charge >= 0.3 is 5.97 Å². The third kappa shape index (κ3) is 4.35. The summed E-state index contributed by atoms with van der Waals surface area (Å²) >= 11 is 0. The number of esters is 1. The second-order valence-corrected chi connectivity index (χ2v) is 5.33. The molecule has 1 aromatic rings. The van der Waals surface area contributed by atoms with Gasteiger partial charge in [0.1, 0.15) is 19.0 Å². The minimum absolute atomic E-state index is 0.145. The van der Waals surface area contributed by atoms with Crippen LogP contribution in [-0.4, -0.2) is 49.3 Å². The Morgan fingerprint density at radius 3 is 2.83 bits per heavy atom. The van der Waals surface area contributed by atoms with Crippen LogP contribution in [0.5, 0.6) is 5.75 Å². The van der Waals surface area contributed by atoms with Gasteiger partial charge in [-0.3, -0.25) is 14.5 Å². The Labute approximate surface area is 140 Å². The number of rotatable bonds is 8. The van der Waals surface area contributed by atoms with Crippen LogP contribution >= 0.6 is 0 Å². The van der Waals surface area contributed by atoms with E-state index in [0.29, 0.717) is 25.4 Å². The number of hydrogen-bond donors (Lipinski definition) is 1. The molecule has 1 aromatic heterocycles. The second-order valence-electron chi connectivity index (χ2n) is 5.33. The number of amides is 1. The van der Waals surface area contributed by atoms with Crippen molar-refractivity contribution >= 4 is 23.5 Å². The maximum Gasteiger partial charge on any atom is 0.326 e. The van der Waals surface area contributed by atoms with Crippen LogP contribution in [0.15, 0.2) is 12.1 Å². The van der Waals surface area contributed by atoms with Crippen molar-refractivity contribution in [1.29, 1.82) is 0 Å². The summed E-state index contributed by atoms with van der Waals surface area (Å²) in [6.45, 7) is 4.68. The van der Waals surface area contributed by atoms with E-state index in [9.17, 15) is 9.59 Å². The Kier molecular flexibility index (Phi) is 6.36. The van der Waals surface area contributed by atoms with E-state index in [-0.39, 0.29) is 30.7 Å². The number of carbonyl (C=O) groups is 2. The van der Waals surface area contributed by atoms with Gasteiger partial charge in [-0.15, -0.1) is 0 Å². The van der Waals surface area contributed by atoms with Gasteiger partial charge in [0.25, 0.3) is 5.91 Å². The van der Waals surface area contributed by atoms with Crippen molar-refractivity contribution in [2.24, 2.45) is 0 Å². The summed E-state index contributed by atoms with van der Waals surface area (Å²) in [5.41, 5.74) is 5.68. The minimum atomic E-state index is -0.649. The lowest BCUT2D eigenvalue weighted by molar-refractivity contribution is -0.145. The van der Waals surface area contributed by atoms with Crippen LogP contribution in [0.4, 0.5) is 11.6 Å². The molecule has 132 valence electrons. The second kappa shape index (κ2) is 8.49. The van der Waals surface area contributed by atoms with E-state index in [4.69, 9.17) is 19.9 Å². The maximum absolute atomic E-state index is 12.5. The first kappa shape index (κ1) is 18.0. The van der Waals surface area contributed by atoms with Crippen molar-refractivity contribution in [3.05, 3.63) is 12.1 Å². The molecule has 1 aliphatic rings. The first-order valence-electron chi connectivity index (χ1n) is 8.04. The standard InChI is InChI=1S/C16H23N3O5/c1-3-7-22-8-9-23-14(20)10-19-15-12(5-6-13(17)18-15)24-11(4-2)16(19)21/h5-6,11H,3-4,7-10H2,1-2H3,(H2,17,18). The van der Waals surface area contributed by atoms with Crippen molar-refractivity contribution < 1.29 is 23.8 Å². The topological polar surface area (TPSA) is 104 Å². The highest BCUT2D eigenvalue weighted by Gasteiger charge is 2.36. The van der Waals surface area contributed by atoms with Crippen LogP contribution in [-0.2, 0) is 19.1 Å². The first-order valence-corrected chi connectivity index (χ1v) is 8.04. The molecule has 8 heteroatoms. The summed E-state index contributed by atoms with van der Waals surface area (Å²) < 4.78 is 15.9. The molecule has 1 amide bonds. The molecule has 1 unspecified atom stereocenters. The van der Waals surface area contributed by atoms with Crippen molar-refractivity contribution in [3.8, 4) is 5.75 Å². The molecule has 0 aromatic carbocycles. The smallest absolute Gasteiger partial charge is 0.326 e. The molecule has 2 N–H and O–H groups in total. The number of nitrogen functional groups attached to an aromatic ring is 1. The van der Waals surface area contributed by atoms with Crippen LogP contribution in [0.3, 0.4) is 0 Å². The van der Waals surface area contributed by atoms with Crippen LogP contribution in [0.2, 0.25) is 0 Å². The Morgan fingerprint density at radius 1 is 1.33 bits per heavy atom. The minimum Gasteiger partial charge on any atom is -0.477 e. The zero-order valence-electron chi connectivity index (χ0n) is 14.0. The van der Waals surface area contributed by atoms with Gasteiger partial charge in [0.05, 0.1) is 6.61 Å². The van der Waals surface area contributed by atoms with Crippen molar-refractivity contribution in [1.82, 2.24) is 4.98 Å². The van der Waals surface area contributed by atoms with Gasteiger partial charge in [0.2, 0.25) is 0 Å². The van der Waals surface area contributed by atoms with Crippen LogP contribution in [0.25, 0.3) is 0 Å². The number of nitrogens with two attached hydrogens (primary N) is 1. The zero-order chi connectivity index (χ0) is 17.5. The van der Waals surface area contributed by atoms with E-state index >= 15 is 0 Å². The molecule has 0 bridgehead atoms. The summed E-state index contributed by atoms with van der Waals surface area (Å²) in [5, 5.41) is 0. The first-order chi connectivity index (χ1) is 11.6. The average Bonchev–Trinajstić information content (AvgIpc) is 2.57. The Balaban J connectivity index is 2.03. The number of carbonyl (C=O) groups excluding carboxylic acids is 2. The number of ether oxygens (including phenoxy) is 3. The van der Waals surface area contributed by atoms with E-state index in [1.165, 1.54) is 4.90 Å². The predicted octanol–water partition coefficient (Wildman–Crippen LogP) is 1.14. The summed E-state index contributed by atoms with van der Waals surface area (Å²) in [7, 11) is 0. The van der Waals surface area contributed by atoms with Crippen molar-refractivity contribution in [2.75, 3.05) is 37.0 Å². The van der Waals surface area contributed by atoms with Gasteiger partial charge in [0, 0.05) is 6.61 Å². The molecule has 8 nitrogen and oxygen atoms in total. The number of nitrogens with zero attached hydrogens (tertiary/aromatic N) is 2. The summed E-state index contributed by atoms with van der Waals surface area (Å²) in [6, 6.07) is 3.23. The van der Waals surface area contributed by atoms with Gasteiger partial charge in [-0.25, -0.2) is 4.98 Å². The van der Waals surface area contributed by atoms with E-state index in [1.54, 1.807) is 12.1 Å². The van der Waals surface area contributed by atoms with Gasteiger partial charge in [0.15, 0.2) is 17.7 Å². The number of aromatic nitrogens is 1. The quantitative estimate of drug-likeness (QED) is 0.560. The number of anilines is 2. The highest BCUT2D eigenvalue weighted by molar-refractivity contribution is 6.02. The van der Waals surface area contributed by atoms with Gasteiger partial charge < -0.3 is 19.9 Å². The zero-order valence-corrected chi connectivity index (χ0v) is 14.0. The van der Waals surface area contributed by atoms with Gasteiger partial charge in [-0.2, -0.15) is 0 Å². The lowest BCUT2D eigenvalue weighted by Crippen LogP contribution is -2.48. The van der Waals surface area contributed by atoms with Gasteiger partial charge in [-0.1, -0.05) is 13.8 Å². The molecule has 24 heavy (non-hydrogen) atoms. The molecule has 1 atom stereocenters. The van der Waals surface area contributed by atoms with Gasteiger partial charge in [-0.05, 0) is 25.0 Å². The lowest BCUT2D eigenvalue weighted by atomic mass is 10.2. The fourth-order valence-corrected chi connectivity index (χ4v) is 2.26. The molecule has 0 fully saturated rings. The van der Waals surface area contributed by atoms with Crippen molar-refractivity contribution in [2.45, 2.75) is 32.8 Å². The van der Waals surface area contributed by atoms with Crippen LogP contribution in [0.1, 0.15) is 26.7 Å². The van der Waals surface area contributed by atoms with Crippen molar-refractivity contribution in [3.63, 3.8) is 0 Å². The summed E-state index contributed by atoms with van der Waals surface area (Å²) in [6.07, 6.45) is 0.737. The molecule has 0 saturated heterocycles. The van der Waals surface area contributed by atoms with E-state index in [1.807, 2.05) is 13.8 Å². The van der Waals surface area contributed by atoms with Crippen LogP contribution < -0.4 is 15.4 Å². The molecular weight excluding hydrogens is 314 g/mol. The largest absolute Gasteiger partial charge is 0.477 e. The Hall–Kier alpha value is -2.35. The van der Waals surface area contributed by atoms with E-state index in [2.05, 4.69) is 4.98 Å². The average molecular weight is 337 g/mol. The third-order valence-corrected chi connectivity index (χ3v) is 3.42. The molecule has 0 spiro atoms. The molecular formula is C16H23N3O5. The highest BCUT2D eigenvalue weighted by atomic mass is 16.6. The molecule has 0 saturated carbocycles. The fraction of sp³-hybridized carbons (Fsp3) is 0.562. The summed E-state index contributed by atoms with van der Waals surface area (Å²) in [4.78, 5) is 29.9. The molecule has 0 aliphatic carbocycles. The Bertz CT molecular complexity index is 593. The SMILES string of the molecule is CCCOCCOC(=O)CN1C(=O)C(CC)Oc2ccc(N)nc21. The van der Waals surface area contributed by atoms with E-state index in [0.717, 1.165) is 6.42 Å². The summed E-state index contributed by atoms with van der Waals surface area (Å²) in [5.74, 6) is 0.0442. The Morgan fingerprint density at radius 2 is 2.12 bits per heavy atom. The fourth-order valence-electron chi connectivity index (χ4n) is 2.26. The monoisotopic (exact) mass is 337 g/mol. The molecule has 1 aliphatic heterocycles. The molecule has 2 heterocycles. The highest BCUT2D eigenvalue weighted by Crippen LogP contribution is 2.33. The molecule has 0 radical (unpaired) electrons. The van der Waals surface area contributed by atoms with E-state index < -0.39 is 12.1 Å². The number of hydrogen-bond acceptors (Lipinski definition) is 7. The predicted molar refractivity (Wildman–Crippen MR) is 87.8 cm³/mol. The third-order valence-electron chi connectivity index (χ3n) is 3.42. The lowest BCUT2D eigenvalue weighted by Gasteiger charge is -2.32.